The van der Waals surface area contributed by atoms with Gasteiger partial charge in [-0.05, 0) is 63.6 Å². The molecule has 1 fully saturated rings. The summed E-state index contributed by atoms with van der Waals surface area (Å²) in [4.78, 5) is 39.1. The lowest BCUT2D eigenvalue weighted by molar-refractivity contribution is -0.148. The molecule has 1 aromatic carbocycles. The maximum Gasteiger partial charge on any atom is 0.228 e. The summed E-state index contributed by atoms with van der Waals surface area (Å²) in [5, 5.41) is 3.17. The standard InChI is InChI=1S/C29H41N5O3/c1-22-21-23(2)32-28(31-22)30-16-12-26(35)34-17-14-29(15-18-34)13-8-4-5-9-24-10-6-7-11-25(24)37-20-19-33(3)27(29)36/h6-7,10-11,21H,4-5,8-9,12-20H2,1-3H3,(H,30,31,32). The van der Waals surface area contributed by atoms with Crippen LogP contribution in [0, 0.1) is 19.3 Å². The highest BCUT2D eigenvalue weighted by atomic mass is 16.5. The Labute approximate surface area is 220 Å². The number of carbonyl (C=O) groups is 2. The van der Waals surface area contributed by atoms with Crippen LogP contribution in [0.15, 0.2) is 30.3 Å². The number of rotatable bonds is 4. The molecule has 0 radical (unpaired) electrons. The number of hydrogen-bond acceptors (Lipinski definition) is 6. The van der Waals surface area contributed by atoms with E-state index in [9.17, 15) is 9.59 Å². The van der Waals surface area contributed by atoms with Crippen molar-refractivity contribution in [3.05, 3.63) is 47.3 Å². The Morgan fingerprint density at radius 3 is 2.51 bits per heavy atom. The van der Waals surface area contributed by atoms with Gasteiger partial charge in [-0.3, -0.25) is 9.59 Å². The van der Waals surface area contributed by atoms with Crippen LogP contribution in [0.4, 0.5) is 5.95 Å². The number of aryl methyl sites for hydroxylation is 3. The van der Waals surface area contributed by atoms with E-state index in [2.05, 4.69) is 27.4 Å². The highest BCUT2D eigenvalue weighted by Gasteiger charge is 2.43. The molecule has 3 heterocycles. The van der Waals surface area contributed by atoms with Crippen molar-refractivity contribution in [3.63, 3.8) is 0 Å². The van der Waals surface area contributed by atoms with Crippen molar-refractivity contribution in [2.24, 2.45) is 5.41 Å². The van der Waals surface area contributed by atoms with Crippen LogP contribution in [-0.4, -0.2) is 71.4 Å². The van der Waals surface area contributed by atoms with Crippen molar-refractivity contribution >= 4 is 17.8 Å². The van der Waals surface area contributed by atoms with Gasteiger partial charge in [-0.1, -0.05) is 31.0 Å². The molecule has 0 bridgehead atoms. The Kier molecular flexibility index (Phi) is 9.00. The molecule has 2 aliphatic rings. The zero-order valence-electron chi connectivity index (χ0n) is 22.6. The van der Waals surface area contributed by atoms with Crippen molar-refractivity contribution in [1.82, 2.24) is 19.8 Å². The number of nitrogens with zero attached hydrogens (tertiary/aromatic N) is 4. The first-order valence-corrected chi connectivity index (χ1v) is 13.7. The second kappa shape index (κ2) is 12.4. The first-order chi connectivity index (χ1) is 17.9. The maximum atomic E-state index is 13.7. The number of carbonyl (C=O) groups excluding carboxylic acids is 2. The monoisotopic (exact) mass is 507 g/mol. The first kappa shape index (κ1) is 26.9. The second-order valence-corrected chi connectivity index (χ2v) is 10.6. The normalized spacial score (nSPS) is 18.7. The van der Waals surface area contributed by atoms with Gasteiger partial charge in [0.05, 0.1) is 12.0 Å². The molecule has 4 rings (SSSR count). The van der Waals surface area contributed by atoms with Gasteiger partial charge in [-0.2, -0.15) is 0 Å². The first-order valence-electron chi connectivity index (χ1n) is 13.7. The lowest BCUT2D eigenvalue weighted by Crippen LogP contribution is -2.51. The Balaban J connectivity index is 1.32. The van der Waals surface area contributed by atoms with Crippen molar-refractivity contribution in [3.8, 4) is 5.75 Å². The van der Waals surface area contributed by atoms with Gasteiger partial charge in [0.2, 0.25) is 17.8 Å². The predicted octanol–water partition coefficient (Wildman–Crippen LogP) is 4.16. The Morgan fingerprint density at radius 2 is 1.76 bits per heavy atom. The number of hydrogen-bond donors (Lipinski definition) is 1. The third-order valence-electron chi connectivity index (χ3n) is 7.74. The average molecular weight is 508 g/mol. The molecule has 1 saturated heterocycles. The quantitative estimate of drug-likeness (QED) is 0.669. The van der Waals surface area contributed by atoms with Crippen molar-refractivity contribution in [2.45, 2.75) is 65.2 Å². The van der Waals surface area contributed by atoms with E-state index < -0.39 is 5.41 Å². The highest BCUT2D eigenvalue weighted by Crippen LogP contribution is 2.39. The average Bonchev–Trinajstić information content (AvgIpc) is 2.89. The molecule has 2 aliphatic heterocycles. The minimum Gasteiger partial charge on any atom is -0.491 e. The van der Waals surface area contributed by atoms with Gasteiger partial charge in [0.15, 0.2) is 0 Å². The number of likely N-dealkylation sites (N-methyl/N-ethyl adjacent to an activating group) is 1. The van der Waals surface area contributed by atoms with E-state index in [0.717, 1.165) is 62.1 Å². The molecule has 2 aromatic rings. The molecule has 0 atom stereocenters. The van der Waals surface area contributed by atoms with E-state index >= 15 is 0 Å². The summed E-state index contributed by atoms with van der Waals surface area (Å²) in [6, 6.07) is 10.2. The molecule has 0 unspecified atom stereocenters. The number of anilines is 1. The molecule has 200 valence electrons. The van der Waals surface area contributed by atoms with Gasteiger partial charge in [0.1, 0.15) is 12.4 Å². The molecule has 8 nitrogen and oxygen atoms in total. The number of piperidine rings is 1. The smallest absolute Gasteiger partial charge is 0.228 e. The van der Waals surface area contributed by atoms with Gasteiger partial charge in [-0.25, -0.2) is 9.97 Å². The number of likely N-dealkylation sites (tertiary alicyclic amines) is 1. The second-order valence-electron chi connectivity index (χ2n) is 10.6. The van der Waals surface area contributed by atoms with Crippen LogP contribution >= 0.6 is 0 Å². The molecule has 37 heavy (non-hydrogen) atoms. The van der Waals surface area contributed by atoms with E-state index in [1.165, 1.54) is 5.56 Å². The van der Waals surface area contributed by atoms with Crippen molar-refractivity contribution in [2.75, 3.05) is 45.2 Å². The lowest BCUT2D eigenvalue weighted by atomic mass is 9.73. The molecule has 1 spiro atoms. The number of aromatic nitrogens is 2. The minimum absolute atomic E-state index is 0.114. The van der Waals surface area contributed by atoms with Gasteiger partial charge in [-0.15, -0.1) is 0 Å². The van der Waals surface area contributed by atoms with Crippen LogP contribution in [0.2, 0.25) is 0 Å². The van der Waals surface area contributed by atoms with Crippen LogP contribution in [0.5, 0.6) is 5.75 Å². The molecule has 0 saturated carbocycles. The lowest BCUT2D eigenvalue weighted by Gasteiger charge is -2.42. The summed E-state index contributed by atoms with van der Waals surface area (Å²) >= 11 is 0. The highest BCUT2D eigenvalue weighted by molar-refractivity contribution is 5.83. The number of benzene rings is 1. The predicted molar refractivity (Wildman–Crippen MR) is 145 cm³/mol. The summed E-state index contributed by atoms with van der Waals surface area (Å²) in [5.41, 5.74) is 2.66. The molecular weight excluding hydrogens is 466 g/mol. The van der Waals surface area contributed by atoms with Gasteiger partial charge in [0.25, 0.3) is 0 Å². The number of fused-ring (bicyclic) bond motifs is 1. The summed E-state index contributed by atoms with van der Waals surface area (Å²) in [6.07, 6.45) is 6.89. The SMILES string of the molecule is Cc1cc(C)nc(NCCC(=O)N2CCC3(CCCCCc4ccccc4OCCN(C)C3=O)CC2)n1. The molecule has 1 aromatic heterocycles. The van der Waals surface area contributed by atoms with Crippen LogP contribution in [0.1, 0.15) is 61.9 Å². The number of amides is 2. The van der Waals surface area contributed by atoms with Crippen molar-refractivity contribution < 1.29 is 14.3 Å². The van der Waals surface area contributed by atoms with E-state index in [-0.39, 0.29) is 11.8 Å². The molecular formula is C29H41N5O3. The Bertz CT molecular complexity index is 1060. The fourth-order valence-corrected chi connectivity index (χ4v) is 5.61. The Morgan fingerprint density at radius 1 is 1.03 bits per heavy atom. The molecule has 0 aliphatic carbocycles. The minimum atomic E-state index is -0.391. The molecule has 1 N–H and O–H groups in total. The zero-order valence-corrected chi connectivity index (χ0v) is 22.6. The maximum absolute atomic E-state index is 13.7. The van der Waals surface area contributed by atoms with E-state index in [1.54, 1.807) is 0 Å². The summed E-state index contributed by atoms with van der Waals surface area (Å²) in [7, 11) is 1.89. The fraction of sp³-hybridized carbons (Fsp3) is 0.586. The Hall–Kier alpha value is -3.16. The summed E-state index contributed by atoms with van der Waals surface area (Å²) < 4.78 is 6.07. The van der Waals surface area contributed by atoms with E-state index in [1.807, 2.05) is 48.9 Å². The van der Waals surface area contributed by atoms with Crippen molar-refractivity contribution in [1.29, 1.82) is 0 Å². The third-order valence-corrected chi connectivity index (χ3v) is 7.74. The van der Waals surface area contributed by atoms with E-state index in [4.69, 9.17) is 4.74 Å². The van der Waals surface area contributed by atoms with Gasteiger partial charge >= 0.3 is 0 Å². The number of nitrogens with one attached hydrogen (secondary N) is 1. The third kappa shape index (κ3) is 6.99. The van der Waals surface area contributed by atoms with E-state index in [0.29, 0.717) is 45.2 Å². The largest absolute Gasteiger partial charge is 0.491 e. The van der Waals surface area contributed by atoms with Crippen LogP contribution in [-0.2, 0) is 16.0 Å². The number of ether oxygens (including phenoxy) is 1. The molecule has 8 heteroatoms. The topological polar surface area (TPSA) is 87.7 Å². The van der Waals surface area contributed by atoms with Gasteiger partial charge < -0.3 is 19.9 Å². The van der Waals surface area contributed by atoms with Crippen LogP contribution < -0.4 is 10.1 Å². The van der Waals surface area contributed by atoms with Crippen LogP contribution in [0.25, 0.3) is 0 Å². The fourth-order valence-electron chi connectivity index (χ4n) is 5.61. The van der Waals surface area contributed by atoms with Crippen LogP contribution in [0.3, 0.4) is 0 Å². The zero-order chi connectivity index (χ0) is 26.3. The summed E-state index contributed by atoms with van der Waals surface area (Å²) in [6.45, 7) is 6.65. The summed E-state index contributed by atoms with van der Waals surface area (Å²) in [5.74, 6) is 1.81. The van der Waals surface area contributed by atoms with Gasteiger partial charge in [0, 0.05) is 44.5 Å². The number of para-hydroxylation sites is 1. The molecule has 2 amide bonds.